The van der Waals surface area contributed by atoms with Gasteiger partial charge < -0.3 is 14.9 Å². The number of hydrogen-bond acceptors (Lipinski definition) is 3. The topological polar surface area (TPSA) is 55.3 Å². The molecule has 1 heterocycles. The van der Waals surface area contributed by atoms with Gasteiger partial charge in [-0.1, -0.05) is 0 Å². The van der Waals surface area contributed by atoms with E-state index < -0.39 is 12.2 Å². The summed E-state index contributed by atoms with van der Waals surface area (Å²) in [4.78, 5) is 0. The van der Waals surface area contributed by atoms with Gasteiger partial charge in [-0.3, -0.25) is 0 Å². The summed E-state index contributed by atoms with van der Waals surface area (Å²) < 4.78 is 4.54. The highest BCUT2D eigenvalue weighted by molar-refractivity contribution is 4.68. The van der Waals surface area contributed by atoms with E-state index in [1.165, 1.54) is 0 Å². The first kappa shape index (κ1) is 5.03. The van der Waals surface area contributed by atoms with Crippen molar-refractivity contribution in [1.82, 2.24) is 0 Å². The zero-order valence-corrected chi connectivity index (χ0v) is 3.79. The first-order chi connectivity index (χ1) is 3.30. The van der Waals surface area contributed by atoms with Gasteiger partial charge in [0.05, 0.1) is 0 Å². The molecule has 0 unspecified atom stereocenters. The fraction of sp³-hybridized carbons (Fsp3) is 1.00. The fourth-order valence-corrected chi connectivity index (χ4v) is 0.515. The Morgan fingerprint density at radius 1 is 1.14 bits per heavy atom. The van der Waals surface area contributed by atoms with Gasteiger partial charge in [-0.25, -0.2) is 0 Å². The SMILES string of the molecule is [O-][C@@H]1COC[C@H]1[O-]. The summed E-state index contributed by atoms with van der Waals surface area (Å²) in [7, 11) is 0. The van der Waals surface area contributed by atoms with Crippen molar-refractivity contribution >= 4 is 0 Å². The normalized spacial score (nSPS) is 42.0. The predicted octanol–water partition coefficient (Wildman–Crippen LogP) is -2.53. The van der Waals surface area contributed by atoms with Crippen LogP contribution < -0.4 is 10.2 Å². The highest BCUT2D eigenvalue weighted by Crippen LogP contribution is 1.96. The molecule has 1 saturated heterocycles. The second kappa shape index (κ2) is 1.78. The molecule has 0 N–H and O–H groups in total. The molecule has 0 bridgehead atoms. The maximum absolute atomic E-state index is 10.2. The monoisotopic (exact) mass is 102 g/mol. The van der Waals surface area contributed by atoms with Crippen LogP contribution in [0.5, 0.6) is 0 Å². The van der Waals surface area contributed by atoms with Gasteiger partial charge in [-0.15, -0.1) is 12.2 Å². The third-order valence-electron chi connectivity index (χ3n) is 0.979. The van der Waals surface area contributed by atoms with Crippen LogP contribution in [0.25, 0.3) is 0 Å². The molecule has 0 aliphatic carbocycles. The van der Waals surface area contributed by atoms with Crippen LogP contribution in [0.2, 0.25) is 0 Å². The summed E-state index contributed by atoms with van der Waals surface area (Å²) in [6, 6.07) is 0. The molecule has 0 radical (unpaired) electrons. The Morgan fingerprint density at radius 3 is 1.71 bits per heavy atom. The van der Waals surface area contributed by atoms with Crippen molar-refractivity contribution in [3.8, 4) is 0 Å². The van der Waals surface area contributed by atoms with Gasteiger partial charge in [0.1, 0.15) is 0 Å². The molecule has 1 aliphatic heterocycles. The Bertz CT molecular complexity index is 56.0. The Balaban J connectivity index is 2.33. The van der Waals surface area contributed by atoms with Crippen LogP contribution in [0.4, 0.5) is 0 Å². The van der Waals surface area contributed by atoms with E-state index in [1.54, 1.807) is 0 Å². The van der Waals surface area contributed by atoms with Gasteiger partial charge in [0.25, 0.3) is 0 Å². The van der Waals surface area contributed by atoms with Crippen LogP contribution in [-0.2, 0) is 4.74 Å². The van der Waals surface area contributed by atoms with Crippen molar-refractivity contribution in [2.45, 2.75) is 12.2 Å². The summed E-state index contributed by atoms with van der Waals surface area (Å²) in [6.45, 7) is 0.211. The summed E-state index contributed by atoms with van der Waals surface area (Å²) in [5, 5.41) is 20.4. The highest BCUT2D eigenvalue weighted by atomic mass is 16.5. The summed E-state index contributed by atoms with van der Waals surface area (Å²) in [5.74, 6) is 0. The van der Waals surface area contributed by atoms with E-state index >= 15 is 0 Å². The maximum atomic E-state index is 10.2. The van der Waals surface area contributed by atoms with Gasteiger partial charge in [0.2, 0.25) is 0 Å². The third kappa shape index (κ3) is 0.907. The van der Waals surface area contributed by atoms with Crippen LogP contribution in [0, 0.1) is 0 Å². The number of hydrogen-bond donors (Lipinski definition) is 0. The van der Waals surface area contributed by atoms with Gasteiger partial charge in [-0.2, -0.15) is 0 Å². The molecule has 1 aliphatic rings. The molecule has 0 aromatic rings. The number of ether oxygens (including phenoxy) is 1. The first-order valence-electron chi connectivity index (χ1n) is 2.20. The van der Waals surface area contributed by atoms with Crippen molar-refractivity contribution in [3.05, 3.63) is 0 Å². The second-order valence-electron chi connectivity index (χ2n) is 1.61. The Hall–Kier alpha value is -0.120. The zero-order valence-electron chi connectivity index (χ0n) is 3.79. The van der Waals surface area contributed by atoms with Gasteiger partial charge in [0, 0.05) is 13.2 Å². The second-order valence-corrected chi connectivity index (χ2v) is 1.61. The van der Waals surface area contributed by atoms with E-state index in [0.29, 0.717) is 0 Å². The van der Waals surface area contributed by atoms with Crippen molar-refractivity contribution < 1.29 is 14.9 Å². The van der Waals surface area contributed by atoms with Crippen LogP contribution in [0.1, 0.15) is 0 Å². The van der Waals surface area contributed by atoms with Crippen molar-refractivity contribution in [2.24, 2.45) is 0 Å². The van der Waals surface area contributed by atoms with E-state index in [4.69, 9.17) is 0 Å². The van der Waals surface area contributed by atoms with Crippen LogP contribution >= 0.6 is 0 Å². The quantitative estimate of drug-likeness (QED) is 0.339. The minimum atomic E-state index is -1.01. The summed E-state index contributed by atoms with van der Waals surface area (Å²) >= 11 is 0. The zero-order chi connectivity index (χ0) is 5.28. The lowest BCUT2D eigenvalue weighted by Crippen LogP contribution is -2.45. The lowest BCUT2D eigenvalue weighted by atomic mass is 10.3. The molecule has 1 rings (SSSR count). The average molecular weight is 102 g/mol. The van der Waals surface area contributed by atoms with E-state index in [2.05, 4.69) is 4.74 Å². The lowest BCUT2D eigenvalue weighted by molar-refractivity contribution is -0.515. The largest absolute Gasteiger partial charge is 0.851 e. The standard InChI is InChI=1S/C4H6O3/c5-3-1-7-2-4(3)6/h3-4H,1-2H2/q-2/t3-,4-/m1/s1. The molecular formula is C4H6O3-2. The van der Waals surface area contributed by atoms with Crippen LogP contribution in [0.15, 0.2) is 0 Å². The molecule has 0 aromatic carbocycles. The average Bonchev–Trinajstić information content (AvgIpc) is 1.91. The molecule has 0 aromatic heterocycles. The molecule has 0 amide bonds. The third-order valence-corrected chi connectivity index (χ3v) is 0.979. The summed E-state index contributed by atoms with van der Waals surface area (Å²) in [6.07, 6.45) is -2.03. The minimum Gasteiger partial charge on any atom is -0.851 e. The van der Waals surface area contributed by atoms with Crippen LogP contribution in [-0.4, -0.2) is 25.4 Å². The van der Waals surface area contributed by atoms with Crippen molar-refractivity contribution in [1.29, 1.82) is 0 Å². The fourth-order valence-electron chi connectivity index (χ4n) is 0.515. The van der Waals surface area contributed by atoms with E-state index in [9.17, 15) is 10.2 Å². The highest BCUT2D eigenvalue weighted by Gasteiger charge is 2.06. The predicted molar refractivity (Wildman–Crippen MR) is 18.4 cm³/mol. The smallest absolute Gasteiger partial charge is 0.0331 e. The lowest BCUT2D eigenvalue weighted by Gasteiger charge is -2.26. The van der Waals surface area contributed by atoms with Gasteiger partial charge in [-0.05, 0) is 0 Å². The minimum absolute atomic E-state index is 0.105. The molecule has 1 fully saturated rings. The van der Waals surface area contributed by atoms with E-state index in [1.807, 2.05) is 0 Å². The Labute approximate surface area is 41.5 Å². The maximum Gasteiger partial charge on any atom is 0.0331 e. The van der Waals surface area contributed by atoms with Crippen molar-refractivity contribution in [2.75, 3.05) is 13.2 Å². The Morgan fingerprint density at radius 2 is 1.57 bits per heavy atom. The van der Waals surface area contributed by atoms with Gasteiger partial charge >= 0.3 is 0 Å². The molecule has 42 valence electrons. The Kier molecular flexibility index (Phi) is 1.27. The first-order valence-corrected chi connectivity index (χ1v) is 2.20. The van der Waals surface area contributed by atoms with E-state index in [0.717, 1.165) is 0 Å². The molecular weight excluding hydrogens is 96.0 g/mol. The van der Waals surface area contributed by atoms with E-state index in [-0.39, 0.29) is 13.2 Å². The van der Waals surface area contributed by atoms with Gasteiger partial charge in [0.15, 0.2) is 0 Å². The molecule has 7 heavy (non-hydrogen) atoms. The molecule has 2 atom stereocenters. The van der Waals surface area contributed by atoms with Crippen molar-refractivity contribution in [3.63, 3.8) is 0 Å². The molecule has 3 heteroatoms. The summed E-state index contributed by atoms with van der Waals surface area (Å²) in [5.41, 5.74) is 0. The molecule has 0 saturated carbocycles. The molecule has 3 nitrogen and oxygen atoms in total. The van der Waals surface area contributed by atoms with Crippen LogP contribution in [0.3, 0.4) is 0 Å². The number of rotatable bonds is 0. The molecule has 0 spiro atoms.